The molecule has 0 saturated carbocycles. The molecule has 19 heavy (non-hydrogen) atoms. The van der Waals surface area contributed by atoms with Gasteiger partial charge in [0.25, 0.3) is 0 Å². The van der Waals surface area contributed by atoms with E-state index < -0.39 is 0 Å². The lowest BCUT2D eigenvalue weighted by Crippen LogP contribution is -2.05. The Kier molecular flexibility index (Phi) is 4.28. The fraction of sp³-hybridized carbons (Fsp3) is 0.294. The molecule has 0 amide bonds. The molecule has 0 aliphatic rings. The summed E-state index contributed by atoms with van der Waals surface area (Å²) in [6.45, 7) is 7.24. The van der Waals surface area contributed by atoms with Crippen LogP contribution in [0.5, 0.6) is 0 Å². The zero-order valence-corrected chi connectivity index (χ0v) is 12.7. The number of benzene rings is 2. The maximum absolute atomic E-state index is 6.35. The fourth-order valence-electron chi connectivity index (χ4n) is 2.67. The summed E-state index contributed by atoms with van der Waals surface area (Å²) in [6, 6.07) is 10.8. The highest BCUT2D eigenvalue weighted by Crippen LogP contribution is 2.31. The van der Waals surface area contributed by atoms with Gasteiger partial charge < -0.3 is 5.32 Å². The van der Waals surface area contributed by atoms with Gasteiger partial charge in [-0.1, -0.05) is 41.4 Å². The van der Waals surface area contributed by atoms with Crippen molar-refractivity contribution in [3.05, 3.63) is 57.6 Å². The largest absolute Gasteiger partial charge is 0.316 e. The summed E-state index contributed by atoms with van der Waals surface area (Å²) < 4.78 is 0. The second kappa shape index (κ2) is 5.77. The SMILES string of the molecule is CNCc1ccc(-c2c(C)cc(C)cc2C)cc1Cl. The number of halogens is 1. The zero-order valence-electron chi connectivity index (χ0n) is 12.0. The Morgan fingerprint density at radius 3 is 2.16 bits per heavy atom. The predicted molar refractivity (Wildman–Crippen MR) is 83.9 cm³/mol. The van der Waals surface area contributed by atoms with Crippen LogP contribution in [-0.4, -0.2) is 7.05 Å². The summed E-state index contributed by atoms with van der Waals surface area (Å²) in [7, 11) is 1.93. The minimum absolute atomic E-state index is 0.797. The van der Waals surface area contributed by atoms with Crippen LogP contribution in [0.3, 0.4) is 0 Å². The van der Waals surface area contributed by atoms with Crippen LogP contribution in [0.15, 0.2) is 30.3 Å². The Morgan fingerprint density at radius 2 is 1.63 bits per heavy atom. The van der Waals surface area contributed by atoms with Crippen molar-refractivity contribution < 1.29 is 0 Å². The molecule has 0 radical (unpaired) electrons. The summed E-state index contributed by atoms with van der Waals surface area (Å²) in [5.41, 5.74) is 7.53. The molecule has 0 atom stereocenters. The molecule has 2 heteroatoms. The van der Waals surface area contributed by atoms with E-state index in [-0.39, 0.29) is 0 Å². The van der Waals surface area contributed by atoms with Gasteiger partial charge in [0.1, 0.15) is 0 Å². The van der Waals surface area contributed by atoms with E-state index in [0.29, 0.717) is 0 Å². The highest BCUT2D eigenvalue weighted by atomic mass is 35.5. The molecule has 0 unspecified atom stereocenters. The molecule has 100 valence electrons. The normalized spacial score (nSPS) is 10.8. The van der Waals surface area contributed by atoms with Crippen molar-refractivity contribution in [2.75, 3.05) is 7.05 Å². The molecule has 0 saturated heterocycles. The molecule has 0 fully saturated rings. The number of aryl methyl sites for hydroxylation is 3. The van der Waals surface area contributed by atoms with E-state index in [1.165, 1.54) is 27.8 Å². The molecule has 2 aromatic carbocycles. The van der Waals surface area contributed by atoms with E-state index in [1.807, 2.05) is 7.05 Å². The van der Waals surface area contributed by atoms with Crippen LogP contribution in [0.2, 0.25) is 5.02 Å². The van der Waals surface area contributed by atoms with Crippen molar-refractivity contribution in [1.82, 2.24) is 5.32 Å². The van der Waals surface area contributed by atoms with Gasteiger partial charge in [-0.2, -0.15) is 0 Å². The zero-order chi connectivity index (χ0) is 14.0. The van der Waals surface area contributed by atoms with E-state index in [9.17, 15) is 0 Å². The van der Waals surface area contributed by atoms with Gasteiger partial charge in [0.2, 0.25) is 0 Å². The molecular formula is C17H20ClN. The van der Waals surface area contributed by atoms with Crippen molar-refractivity contribution in [3.8, 4) is 11.1 Å². The monoisotopic (exact) mass is 273 g/mol. The molecule has 0 spiro atoms. The number of hydrogen-bond donors (Lipinski definition) is 1. The third-order valence-electron chi connectivity index (χ3n) is 3.39. The van der Waals surface area contributed by atoms with Gasteiger partial charge in [-0.3, -0.25) is 0 Å². The topological polar surface area (TPSA) is 12.0 Å². The average molecular weight is 274 g/mol. The van der Waals surface area contributed by atoms with Gasteiger partial charge in [-0.25, -0.2) is 0 Å². The van der Waals surface area contributed by atoms with Crippen molar-refractivity contribution in [2.24, 2.45) is 0 Å². The van der Waals surface area contributed by atoms with Crippen LogP contribution in [-0.2, 0) is 6.54 Å². The lowest BCUT2D eigenvalue weighted by atomic mass is 9.93. The van der Waals surface area contributed by atoms with Crippen molar-refractivity contribution in [2.45, 2.75) is 27.3 Å². The smallest absolute Gasteiger partial charge is 0.0457 e. The van der Waals surface area contributed by atoms with Crippen LogP contribution >= 0.6 is 11.6 Å². The first-order valence-electron chi connectivity index (χ1n) is 6.54. The van der Waals surface area contributed by atoms with Crippen LogP contribution < -0.4 is 5.32 Å². The summed E-state index contributed by atoms with van der Waals surface area (Å²) in [6.07, 6.45) is 0. The maximum Gasteiger partial charge on any atom is 0.0457 e. The average Bonchev–Trinajstić information content (AvgIpc) is 2.31. The van der Waals surface area contributed by atoms with Crippen molar-refractivity contribution >= 4 is 11.6 Å². The predicted octanol–water partition coefficient (Wildman–Crippen LogP) is 4.65. The second-order valence-electron chi connectivity index (χ2n) is 5.11. The Hall–Kier alpha value is -1.31. The number of nitrogens with one attached hydrogen (secondary N) is 1. The van der Waals surface area contributed by atoms with Crippen LogP contribution in [0.1, 0.15) is 22.3 Å². The van der Waals surface area contributed by atoms with Crippen LogP contribution in [0.4, 0.5) is 0 Å². The van der Waals surface area contributed by atoms with Gasteiger partial charge in [-0.05, 0) is 61.7 Å². The Labute approximate surface area is 120 Å². The lowest BCUT2D eigenvalue weighted by Gasteiger charge is -2.13. The molecule has 2 aromatic rings. The molecular weight excluding hydrogens is 254 g/mol. The molecule has 1 N–H and O–H groups in total. The van der Waals surface area contributed by atoms with E-state index in [4.69, 9.17) is 11.6 Å². The Bertz CT molecular complexity index is 579. The maximum atomic E-state index is 6.35. The molecule has 0 bridgehead atoms. The molecule has 0 aromatic heterocycles. The first-order valence-corrected chi connectivity index (χ1v) is 6.92. The Morgan fingerprint density at radius 1 is 1.00 bits per heavy atom. The Balaban J connectivity index is 2.51. The summed E-state index contributed by atoms with van der Waals surface area (Å²) in [4.78, 5) is 0. The quantitative estimate of drug-likeness (QED) is 0.858. The third-order valence-corrected chi connectivity index (χ3v) is 3.74. The number of rotatable bonds is 3. The van der Waals surface area contributed by atoms with Crippen molar-refractivity contribution in [3.63, 3.8) is 0 Å². The van der Waals surface area contributed by atoms with E-state index in [0.717, 1.165) is 17.1 Å². The minimum Gasteiger partial charge on any atom is -0.316 e. The standard InChI is InChI=1S/C17H20ClN/c1-11-7-12(2)17(13(3)8-11)14-5-6-15(10-19-4)16(18)9-14/h5-9,19H,10H2,1-4H3. The lowest BCUT2D eigenvalue weighted by molar-refractivity contribution is 0.818. The van der Waals surface area contributed by atoms with Gasteiger partial charge in [-0.15, -0.1) is 0 Å². The van der Waals surface area contributed by atoms with Gasteiger partial charge in [0, 0.05) is 11.6 Å². The number of hydrogen-bond acceptors (Lipinski definition) is 1. The van der Waals surface area contributed by atoms with Gasteiger partial charge in [0.05, 0.1) is 0 Å². The van der Waals surface area contributed by atoms with E-state index in [1.54, 1.807) is 0 Å². The van der Waals surface area contributed by atoms with E-state index >= 15 is 0 Å². The van der Waals surface area contributed by atoms with Gasteiger partial charge >= 0.3 is 0 Å². The highest BCUT2D eigenvalue weighted by Gasteiger charge is 2.08. The van der Waals surface area contributed by atoms with Crippen molar-refractivity contribution in [1.29, 1.82) is 0 Å². The molecule has 0 aliphatic heterocycles. The second-order valence-corrected chi connectivity index (χ2v) is 5.52. The summed E-state index contributed by atoms with van der Waals surface area (Å²) >= 11 is 6.35. The highest BCUT2D eigenvalue weighted by molar-refractivity contribution is 6.31. The molecule has 0 aliphatic carbocycles. The van der Waals surface area contributed by atoms with Crippen LogP contribution in [0.25, 0.3) is 11.1 Å². The van der Waals surface area contributed by atoms with E-state index in [2.05, 4.69) is 56.4 Å². The summed E-state index contributed by atoms with van der Waals surface area (Å²) in [5, 5.41) is 3.96. The first kappa shape index (κ1) is 14.1. The summed E-state index contributed by atoms with van der Waals surface area (Å²) in [5.74, 6) is 0. The van der Waals surface area contributed by atoms with Gasteiger partial charge in [0.15, 0.2) is 0 Å². The molecule has 1 nitrogen and oxygen atoms in total. The first-order chi connectivity index (χ1) is 9.02. The minimum atomic E-state index is 0.797. The molecule has 2 rings (SSSR count). The fourth-order valence-corrected chi connectivity index (χ4v) is 2.92. The molecule has 0 heterocycles. The third kappa shape index (κ3) is 2.99. The van der Waals surface area contributed by atoms with Crippen LogP contribution in [0, 0.1) is 20.8 Å².